The van der Waals surface area contributed by atoms with Gasteiger partial charge in [0.15, 0.2) is 13.2 Å². The summed E-state index contributed by atoms with van der Waals surface area (Å²) in [6, 6.07) is 5.82. The summed E-state index contributed by atoms with van der Waals surface area (Å²) in [4.78, 5) is 72.7. The normalized spacial score (nSPS) is 11.1. The predicted octanol–water partition coefficient (Wildman–Crippen LogP) is 4.40. The van der Waals surface area contributed by atoms with E-state index >= 15 is 0 Å². The summed E-state index contributed by atoms with van der Waals surface area (Å²) in [7, 11) is 0. The van der Waals surface area contributed by atoms with Crippen molar-refractivity contribution in [3.8, 4) is 0 Å². The maximum absolute atomic E-state index is 12.6. The van der Waals surface area contributed by atoms with E-state index in [0.29, 0.717) is 39.0 Å². The molecule has 0 spiro atoms. The minimum atomic E-state index is -0.874. The Morgan fingerprint density at radius 2 is 0.812 bits per heavy atom. The number of amides is 4. The molecule has 48 heavy (non-hydrogen) atoms. The van der Waals surface area contributed by atoms with E-state index in [-0.39, 0.29) is 11.1 Å². The highest BCUT2D eigenvalue weighted by Crippen LogP contribution is 2.12. The van der Waals surface area contributed by atoms with Crippen LogP contribution in [0.2, 0.25) is 0 Å². The maximum Gasteiger partial charge on any atom is 0.407 e. The first kappa shape index (κ1) is 41.7. The van der Waals surface area contributed by atoms with Crippen LogP contribution in [0.1, 0.15) is 114 Å². The quantitative estimate of drug-likeness (QED) is 0.0874. The summed E-state index contributed by atoms with van der Waals surface area (Å²) in [6.45, 7) is 11.5. The van der Waals surface area contributed by atoms with Crippen molar-refractivity contribution >= 4 is 35.9 Å². The summed E-state index contributed by atoms with van der Waals surface area (Å²) >= 11 is 0. The van der Waals surface area contributed by atoms with Crippen LogP contribution >= 0.6 is 0 Å². The van der Waals surface area contributed by atoms with Gasteiger partial charge in [-0.1, -0.05) is 37.8 Å². The highest BCUT2D eigenvalue weighted by atomic mass is 16.6. The van der Waals surface area contributed by atoms with Gasteiger partial charge in [0.2, 0.25) is 0 Å². The molecule has 0 bridgehead atoms. The van der Waals surface area contributed by atoms with E-state index in [4.69, 9.17) is 18.9 Å². The van der Waals surface area contributed by atoms with Gasteiger partial charge in [-0.15, -0.1) is 0 Å². The van der Waals surface area contributed by atoms with Crippen LogP contribution in [0.4, 0.5) is 9.59 Å². The molecule has 14 heteroatoms. The number of benzene rings is 1. The van der Waals surface area contributed by atoms with E-state index in [9.17, 15) is 28.8 Å². The number of hydrogen-bond donors (Lipinski definition) is 4. The number of ether oxygens (including phenoxy) is 4. The lowest BCUT2D eigenvalue weighted by molar-refractivity contribution is -0.124. The van der Waals surface area contributed by atoms with Crippen LogP contribution in [0.25, 0.3) is 0 Å². The Labute approximate surface area is 283 Å². The van der Waals surface area contributed by atoms with Gasteiger partial charge in [0.05, 0.1) is 11.1 Å². The van der Waals surface area contributed by atoms with E-state index in [1.165, 1.54) is 24.3 Å². The van der Waals surface area contributed by atoms with Gasteiger partial charge < -0.3 is 40.2 Å². The molecule has 1 aromatic rings. The third-order valence-corrected chi connectivity index (χ3v) is 6.22. The second-order valence-electron chi connectivity index (χ2n) is 13.1. The first-order valence-corrected chi connectivity index (χ1v) is 16.5. The highest BCUT2D eigenvalue weighted by Gasteiger charge is 2.21. The van der Waals surface area contributed by atoms with E-state index in [2.05, 4.69) is 21.3 Å². The van der Waals surface area contributed by atoms with Crippen LogP contribution < -0.4 is 21.3 Å². The first-order chi connectivity index (χ1) is 22.6. The molecule has 0 fully saturated rings. The van der Waals surface area contributed by atoms with E-state index < -0.39 is 60.4 Å². The average Bonchev–Trinajstić information content (AvgIpc) is 2.99. The monoisotopic (exact) mass is 678 g/mol. The molecule has 270 valence electrons. The molecule has 0 aromatic heterocycles. The molecule has 0 aliphatic carbocycles. The van der Waals surface area contributed by atoms with Crippen molar-refractivity contribution < 1.29 is 47.7 Å². The van der Waals surface area contributed by atoms with Crippen LogP contribution in [0.5, 0.6) is 0 Å². The number of nitrogens with one attached hydrogen (secondary N) is 4. The van der Waals surface area contributed by atoms with Gasteiger partial charge in [-0.2, -0.15) is 0 Å². The largest absolute Gasteiger partial charge is 0.452 e. The molecule has 0 atom stereocenters. The summed E-state index contributed by atoms with van der Waals surface area (Å²) < 4.78 is 20.5. The Hall–Kier alpha value is -4.36. The van der Waals surface area contributed by atoms with Crippen molar-refractivity contribution in [2.75, 3.05) is 39.4 Å². The third-order valence-electron chi connectivity index (χ3n) is 6.22. The smallest absolute Gasteiger partial charge is 0.407 e. The molecule has 0 aliphatic heterocycles. The van der Waals surface area contributed by atoms with Crippen molar-refractivity contribution in [3.63, 3.8) is 0 Å². The zero-order valence-electron chi connectivity index (χ0n) is 29.3. The van der Waals surface area contributed by atoms with Gasteiger partial charge in [-0.05, 0) is 79.4 Å². The fourth-order valence-electron chi connectivity index (χ4n) is 4.03. The molecule has 0 heterocycles. The molecule has 1 aromatic carbocycles. The number of esters is 2. The number of hydrogen-bond acceptors (Lipinski definition) is 10. The van der Waals surface area contributed by atoms with E-state index in [1.807, 2.05) is 0 Å². The van der Waals surface area contributed by atoms with Crippen LogP contribution in [0.3, 0.4) is 0 Å². The minimum absolute atomic E-state index is 0.0862. The molecule has 0 saturated heterocycles. The number of alkyl carbamates (subject to hydrolysis) is 2. The van der Waals surface area contributed by atoms with Crippen molar-refractivity contribution in [1.82, 2.24) is 21.3 Å². The standard InChI is InChI=1S/C34H54N4O10/c1-33(2,3)47-31(43)37-21-15-9-7-13-19-35-27(39)23-45-29(41)25-17-11-12-18-26(25)30(42)46-24-28(40)36-20-14-8-10-16-22-38-32(44)48-34(4,5)6/h11-12,17-18H,7-10,13-16,19-24H2,1-6H3,(H,35,39)(H,36,40)(H,37,43)(H,38,44). The fourth-order valence-corrected chi connectivity index (χ4v) is 4.03. The van der Waals surface area contributed by atoms with Crippen LogP contribution in [-0.4, -0.2) is 86.5 Å². The zero-order chi connectivity index (χ0) is 36.0. The van der Waals surface area contributed by atoms with E-state index in [1.54, 1.807) is 41.5 Å². The molecule has 0 aliphatic rings. The molecule has 0 unspecified atom stereocenters. The van der Waals surface area contributed by atoms with E-state index in [0.717, 1.165) is 38.5 Å². The SMILES string of the molecule is CC(C)(C)OC(=O)NCCCCCCNC(=O)COC(=O)c1ccccc1C(=O)OCC(=O)NCCCCCCNC(=O)OC(C)(C)C. The Kier molecular flexibility index (Phi) is 19.3. The van der Waals surface area contributed by atoms with Crippen LogP contribution in [-0.2, 0) is 28.5 Å². The lowest BCUT2D eigenvalue weighted by Crippen LogP contribution is -2.33. The van der Waals surface area contributed by atoms with Gasteiger partial charge in [-0.3, -0.25) is 9.59 Å². The van der Waals surface area contributed by atoms with Gasteiger partial charge in [-0.25, -0.2) is 19.2 Å². The summed E-state index contributed by atoms with van der Waals surface area (Å²) in [6.07, 6.45) is 5.45. The lowest BCUT2D eigenvalue weighted by Gasteiger charge is -2.19. The second-order valence-corrected chi connectivity index (χ2v) is 13.1. The Morgan fingerprint density at radius 3 is 1.12 bits per heavy atom. The predicted molar refractivity (Wildman–Crippen MR) is 178 cm³/mol. The van der Waals surface area contributed by atoms with Gasteiger partial charge in [0, 0.05) is 26.2 Å². The summed E-state index contributed by atoms with van der Waals surface area (Å²) in [5.41, 5.74) is -1.26. The molecule has 4 N–H and O–H groups in total. The number of rotatable bonds is 20. The van der Waals surface area contributed by atoms with Gasteiger partial charge in [0.1, 0.15) is 11.2 Å². The molecule has 0 radical (unpaired) electrons. The fraction of sp³-hybridized carbons (Fsp3) is 0.647. The van der Waals surface area contributed by atoms with Gasteiger partial charge in [0.25, 0.3) is 11.8 Å². The van der Waals surface area contributed by atoms with Crippen LogP contribution in [0, 0.1) is 0 Å². The molecule has 0 saturated carbocycles. The summed E-state index contributed by atoms with van der Waals surface area (Å²) in [5.74, 6) is -2.71. The molecule has 4 amide bonds. The number of unbranched alkanes of at least 4 members (excludes halogenated alkanes) is 6. The lowest BCUT2D eigenvalue weighted by atomic mass is 10.1. The topological polar surface area (TPSA) is 187 Å². The second kappa shape index (κ2) is 22.3. The Balaban J connectivity index is 2.23. The Morgan fingerprint density at radius 1 is 0.500 bits per heavy atom. The van der Waals surface area contributed by atoms with Gasteiger partial charge >= 0.3 is 24.1 Å². The number of carbonyl (C=O) groups excluding carboxylic acids is 6. The molecular weight excluding hydrogens is 624 g/mol. The Bertz CT molecular complexity index is 1100. The minimum Gasteiger partial charge on any atom is -0.452 e. The summed E-state index contributed by atoms with van der Waals surface area (Å²) in [5, 5.41) is 10.7. The first-order valence-electron chi connectivity index (χ1n) is 16.5. The molecular formula is C34H54N4O10. The number of carbonyl (C=O) groups is 6. The zero-order valence-corrected chi connectivity index (χ0v) is 29.3. The van der Waals surface area contributed by atoms with Crippen molar-refractivity contribution in [3.05, 3.63) is 35.4 Å². The third kappa shape index (κ3) is 21.4. The maximum atomic E-state index is 12.6. The average molecular weight is 679 g/mol. The van der Waals surface area contributed by atoms with Crippen molar-refractivity contribution in [2.24, 2.45) is 0 Å². The highest BCUT2D eigenvalue weighted by molar-refractivity contribution is 6.04. The van der Waals surface area contributed by atoms with Crippen LogP contribution in [0.15, 0.2) is 24.3 Å². The molecule has 14 nitrogen and oxygen atoms in total. The molecule has 1 rings (SSSR count). The van der Waals surface area contributed by atoms with Crippen molar-refractivity contribution in [2.45, 2.75) is 104 Å². The van der Waals surface area contributed by atoms with Crippen molar-refractivity contribution in [1.29, 1.82) is 0 Å².